The Labute approximate surface area is 162 Å². The molecule has 0 radical (unpaired) electrons. The van der Waals surface area contributed by atoms with Crippen molar-refractivity contribution in [3.63, 3.8) is 0 Å². The number of benzene rings is 2. The van der Waals surface area contributed by atoms with E-state index >= 15 is 0 Å². The molecule has 0 heterocycles. The maximum atomic E-state index is 12.1. The summed E-state index contributed by atoms with van der Waals surface area (Å²) in [4.78, 5) is 23.8. The lowest BCUT2D eigenvalue weighted by Crippen LogP contribution is -2.17. The number of hydrogen-bond donors (Lipinski definition) is 2. The molecule has 0 saturated heterocycles. The molecule has 0 bridgehead atoms. The molecule has 138 valence electrons. The van der Waals surface area contributed by atoms with E-state index in [9.17, 15) is 9.59 Å². The van der Waals surface area contributed by atoms with Gasteiger partial charge in [-0.2, -0.15) is 0 Å². The predicted octanol–water partition coefficient (Wildman–Crippen LogP) is 4.62. The van der Waals surface area contributed by atoms with E-state index in [4.69, 9.17) is 4.74 Å². The van der Waals surface area contributed by atoms with E-state index in [2.05, 4.69) is 26.6 Å². The first kappa shape index (κ1) is 20.0. The molecule has 0 aromatic heterocycles. The summed E-state index contributed by atoms with van der Waals surface area (Å²) >= 11 is 3.45. The zero-order valence-corrected chi connectivity index (χ0v) is 16.7. The summed E-state index contributed by atoms with van der Waals surface area (Å²) < 4.78 is 6.07. The van der Waals surface area contributed by atoms with Crippen molar-refractivity contribution in [2.45, 2.75) is 26.7 Å². The van der Waals surface area contributed by atoms with Crippen LogP contribution < -0.4 is 15.4 Å². The van der Waals surface area contributed by atoms with Gasteiger partial charge in [-0.05, 0) is 64.3 Å². The Kier molecular flexibility index (Phi) is 7.21. The van der Waals surface area contributed by atoms with Crippen molar-refractivity contribution < 1.29 is 14.3 Å². The molecular weight excluding hydrogens is 396 g/mol. The number of hydrogen-bond acceptors (Lipinski definition) is 3. The SMILES string of the molecule is COc1ccc(CCC(=O)Nc2ccc(NC(=O)C(C)C)cc2)cc1Br. The fourth-order valence-corrected chi connectivity index (χ4v) is 2.86. The Morgan fingerprint density at radius 2 is 1.65 bits per heavy atom. The number of rotatable bonds is 7. The number of amides is 2. The molecule has 0 saturated carbocycles. The minimum Gasteiger partial charge on any atom is -0.496 e. The summed E-state index contributed by atoms with van der Waals surface area (Å²) in [5.41, 5.74) is 2.47. The van der Waals surface area contributed by atoms with E-state index < -0.39 is 0 Å². The zero-order chi connectivity index (χ0) is 19.1. The van der Waals surface area contributed by atoms with E-state index in [0.29, 0.717) is 24.2 Å². The first-order valence-electron chi connectivity index (χ1n) is 8.42. The smallest absolute Gasteiger partial charge is 0.226 e. The van der Waals surface area contributed by atoms with Crippen LogP contribution in [0.5, 0.6) is 5.75 Å². The van der Waals surface area contributed by atoms with Crippen molar-refractivity contribution in [1.29, 1.82) is 0 Å². The summed E-state index contributed by atoms with van der Waals surface area (Å²) in [5, 5.41) is 5.68. The van der Waals surface area contributed by atoms with Crippen LogP contribution in [0.25, 0.3) is 0 Å². The molecular formula is C20H23BrN2O3. The summed E-state index contributed by atoms with van der Waals surface area (Å²) in [5.74, 6) is 0.596. The molecule has 0 aliphatic heterocycles. The van der Waals surface area contributed by atoms with Gasteiger partial charge in [0.1, 0.15) is 5.75 Å². The monoisotopic (exact) mass is 418 g/mol. The maximum absolute atomic E-state index is 12.1. The Bertz CT molecular complexity index is 773. The molecule has 2 amide bonds. The number of methoxy groups -OCH3 is 1. The normalized spacial score (nSPS) is 10.5. The summed E-state index contributed by atoms with van der Waals surface area (Å²) in [6.07, 6.45) is 1.02. The number of nitrogens with one attached hydrogen (secondary N) is 2. The highest BCUT2D eigenvalue weighted by molar-refractivity contribution is 9.10. The van der Waals surface area contributed by atoms with Crippen LogP contribution in [-0.4, -0.2) is 18.9 Å². The first-order valence-corrected chi connectivity index (χ1v) is 9.21. The second kappa shape index (κ2) is 9.38. The van der Waals surface area contributed by atoms with Gasteiger partial charge in [0.25, 0.3) is 0 Å². The van der Waals surface area contributed by atoms with E-state index in [1.807, 2.05) is 32.0 Å². The minimum atomic E-state index is -0.0765. The largest absolute Gasteiger partial charge is 0.496 e. The van der Waals surface area contributed by atoms with E-state index in [1.165, 1.54) is 0 Å². The van der Waals surface area contributed by atoms with Crippen molar-refractivity contribution in [3.8, 4) is 5.75 Å². The molecule has 2 aromatic rings. The second-order valence-corrected chi connectivity index (χ2v) is 7.09. The molecule has 2 aromatic carbocycles. The van der Waals surface area contributed by atoms with Crippen molar-refractivity contribution in [1.82, 2.24) is 0 Å². The maximum Gasteiger partial charge on any atom is 0.226 e. The van der Waals surface area contributed by atoms with Gasteiger partial charge in [0.05, 0.1) is 11.6 Å². The highest BCUT2D eigenvalue weighted by atomic mass is 79.9. The number of halogens is 1. The molecule has 2 rings (SSSR count). The molecule has 0 spiro atoms. The number of ether oxygens (including phenoxy) is 1. The number of anilines is 2. The molecule has 0 atom stereocenters. The van der Waals surface area contributed by atoms with Crippen molar-refractivity contribution in [2.24, 2.45) is 5.92 Å². The van der Waals surface area contributed by atoms with Crippen LogP contribution in [0.4, 0.5) is 11.4 Å². The number of aryl methyl sites for hydroxylation is 1. The molecule has 0 aliphatic carbocycles. The van der Waals surface area contributed by atoms with Crippen molar-refractivity contribution >= 4 is 39.1 Å². The first-order chi connectivity index (χ1) is 12.4. The average Bonchev–Trinajstić information content (AvgIpc) is 2.61. The Morgan fingerprint density at radius 3 is 2.19 bits per heavy atom. The van der Waals surface area contributed by atoms with Crippen LogP contribution in [0.2, 0.25) is 0 Å². The molecule has 5 nitrogen and oxygen atoms in total. The second-order valence-electron chi connectivity index (χ2n) is 6.24. The lowest BCUT2D eigenvalue weighted by atomic mass is 10.1. The van der Waals surface area contributed by atoms with Gasteiger partial charge in [0, 0.05) is 23.7 Å². The molecule has 2 N–H and O–H groups in total. The van der Waals surface area contributed by atoms with Gasteiger partial charge in [-0.3, -0.25) is 9.59 Å². The average molecular weight is 419 g/mol. The summed E-state index contributed by atoms with van der Waals surface area (Å²) in [6.45, 7) is 3.68. The predicted molar refractivity (Wildman–Crippen MR) is 108 cm³/mol. The fraction of sp³-hybridized carbons (Fsp3) is 0.300. The van der Waals surface area contributed by atoms with Gasteiger partial charge >= 0.3 is 0 Å². The Balaban J connectivity index is 1.85. The third kappa shape index (κ3) is 5.88. The molecule has 6 heteroatoms. The lowest BCUT2D eigenvalue weighted by molar-refractivity contribution is -0.119. The van der Waals surface area contributed by atoms with Crippen LogP contribution in [0.3, 0.4) is 0 Å². The highest BCUT2D eigenvalue weighted by Gasteiger charge is 2.08. The van der Waals surface area contributed by atoms with Gasteiger partial charge in [0.15, 0.2) is 0 Å². The van der Waals surface area contributed by atoms with E-state index in [-0.39, 0.29) is 17.7 Å². The molecule has 0 fully saturated rings. The van der Waals surface area contributed by atoms with Gasteiger partial charge in [-0.25, -0.2) is 0 Å². The number of carbonyl (C=O) groups is 2. The van der Waals surface area contributed by atoms with Gasteiger partial charge < -0.3 is 15.4 Å². The van der Waals surface area contributed by atoms with Crippen LogP contribution in [0.15, 0.2) is 46.9 Å². The van der Waals surface area contributed by atoms with Crippen LogP contribution in [0, 0.1) is 5.92 Å². The van der Waals surface area contributed by atoms with Gasteiger partial charge in [-0.15, -0.1) is 0 Å². The number of carbonyl (C=O) groups excluding carboxylic acids is 2. The third-order valence-electron chi connectivity index (χ3n) is 3.82. The standard InChI is InChI=1S/C20H23BrN2O3/c1-13(2)20(25)23-16-8-6-15(7-9-16)22-19(24)11-5-14-4-10-18(26-3)17(21)12-14/h4,6-10,12-13H,5,11H2,1-3H3,(H,22,24)(H,23,25). The van der Waals surface area contributed by atoms with Crippen molar-refractivity contribution in [3.05, 3.63) is 52.5 Å². The fourth-order valence-electron chi connectivity index (χ4n) is 2.27. The molecule has 0 aliphatic rings. The van der Waals surface area contributed by atoms with E-state index in [1.54, 1.807) is 31.4 Å². The van der Waals surface area contributed by atoms with Gasteiger partial charge in [-0.1, -0.05) is 19.9 Å². The Hall–Kier alpha value is -2.34. The highest BCUT2D eigenvalue weighted by Crippen LogP contribution is 2.26. The molecule has 0 unspecified atom stereocenters. The third-order valence-corrected chi connectivity index (χ3v) is 4.44. The molecule has 26 heavy (non-hydrogen) atoms. The quantitative estimate of drug-likeness (QED) is 0.688. The topological polar surface area (TPSA) is 67.4 Å². The minimum absolute atomic E-state index is 0.0348. The lowest BCUT2D eigenvalue weighted by Gasteiger charge is -2.10. The summed E-state index contributed by atoms with van der Waals surface area (Å²) in [7, 11) is 1.62. The zero-order valence-electron chi connectivity index (χ0n) is 15.1. The van der Waals surface area contributed by atoms with E-state index in [0.717, 1.165) is 15.8 Å². The van der Waals surface area contributed by atoms with Crippen LogP contribution in [0.1, 0.15) is 25.8 Å². The summed E-state index contributed by atoms with van der Waals surface area (Å²) in [6, 6.07) is 12.9. The van der Waals surface area contributed by atoms with Crippen LogP contribution >= 0.6 is 15.9 Å². The van der Waals surface area contributed by atoms with Gasteiger partial charge in [0.2, 0.25) is 11.8 Å². The Morgan fingerprint density at radius 1 is 1.04 bits per heavy atom. The van der Waals surface area contributed by atoms with Crippen LogP contribution in [-0.2, 0) is 16.0 Å². The van der Waals surface area contributed by atoms with Crippen molar-refractivity contribution in [2.75, 3.05) is 17.7 Å².